The Balaban J connectivity index is 2.16. The van der Waals surface area contributed by atoms with Crippen molar-refractivity contribution >= 4 is 5.91 Å². The monoisotopic (exact) mass is 198 g/mol. The number of carbonyl (C=O) groups excluding carboxylic acids is 1. The zero-order chi connectivity index (χ0) is 10.4. The molecule has 0 aliphatic carbocycles. The largest absolute Gasteiger partial charge is 0.376 e. The van der Waals surface area contributed by atoms with Crippen molar-refractivity contribution in [2.75, 3.05) is 19.7 Å². The van der Waals surface area contributed by atoms with Gasteiger partial charge < -0.3 is 15.4 Å². The Morgan fingerprint density at radius 1 is 1.71 bits per heavy atom. The molecule has 0 aromatic heterocycles. The fourth-order valence-electron chi connectivity index (χ4n) is 1.47. The predicted molar refractivity (Wildman–Crippen MR) is 55.0 cm³/mol. The average molecular weight is 198 g/mol. The molecule has 14 heavy (non-hydrogen) atoms. The summed E-state index contributed by atoms with van der Waals surface area (Å²) in [5, 5.41) is 5.88. The molecule has 2 atom stereocenters. The molecule has 0 bridgehead atoms. The van der Waals surface area contributed by atoms with Gasteiger partial charge >= 0.3 is 0 Å². The van der Waals surface area contributed by atoms with E-state index in [0.717, 1.165) is 13.0 Å². The fraction of sp³-hybridized carbons (Fsp3) is 0.700. The van der Waals surface area contributed by atoms with E-state index in [1.54, 1.807) is 6.08 Å². The van der Waals surface area contributed by atoms with Crippen LogP contribution in [0.25, 0.3) is 0 Å². The van der Waals surface area contributed by atoms with E-state index in [9.17, 15) is 4.79 Å². The molecule has 1 heterocycles. The van der Waals surface area contributed by atoms with Crippen LogP contribution in [0.1, 0.15) is 13.3 Å². The minimum absolute atomic E-state index is 0.0224. The van der Waals surface area contributed by atoms with E-state index in [1.165, 1.54) is 0 Å². The number of carbonyl (C=O) groups is 1. The maximum absolute atomic E-state index is 11.4. The highest BCUT2D eigenvalue weighted by Crippen LogP contribution is 2.11. The molecular formula is C10H18N2O2. The van der Waals surface area contributed by atoms with Gasteiger partial charge in [0.15, 0.2) is 0 Å². The second kappa shape index (κ2) is 5.78. The van der Waals surface area contributed by atoms with Gasteiger partial charge in [0, 0.05) is 13.2 Å². The highest BCUT2D eigenvalue weighted by molar-refractivity contribution is 5.78. The first-order chi connectivity index (χ1) is 6.74. The molecule has 1 aliphatic heterocycles. The lowest BCUT2D eigenvalue weighted by molar-refractivity contribution is -0.121. The molecule has 0 radical (unpaired) electrons. The number of hydrogen-bond acceptors (Lipinski definition) is 3. The van der Waals surface area contributed by atoms with Crippen molar-refractivity contribution in [3.63, 3.8) is 0 Å². The molecule has 1 fully saturated rings. The molecule has 1 saturated heterocycles. The maximum Gasteiger partial charge on any atom is 0.234 e. The third kappa shape index (κ3) is 3.47. The van der Waals surface area contributed by atoms with E-state index < -0.39 is 0 Å². The first kappa shape index (κ1) is 11.2. The third-order valence-electron chi connectivity index (χ3n) is 2.30. The summed E-state index contributed by atoms with van der Waals surface area (Å²) in [6.45, 7) is 7.28. The Hall–Kier alpha value is -0.870. The lowest BCUT2D eigenvalue weighted by atomic mass is 10.1. The van der Waals surface area contributed by atoms with Crippen LogP contribution in [0.5, 0.6) is 0 Å². The van der Waals surface area contributed by atoms with E-state index in [2.05, 4.69) is 17.2 Å². The molecule has 1 amide bonds. The molecule has 4 nitrogen and oxygen atoms in total. The number of nitrogens with one attached hydrogen (secondary N) is 2. The molecule has 80 valence electrons. The van der Waals surface area contributed by atoms with Gasteiger partial charge in [0.05, 0.1) is 18.7 Å². The van der Waals surface area contributed by atoms with Crippen molar-refractivity contribution in [1.29, 1.82) is 0 Å². The molecular weight excluding hydrogens is 180 g/mol. The van der Waals surface area contributed by atoms with E-state index in [4.69, 9.17) is 4.74 Å². The summed E-state index contributed by atoms with van der Waals surface area (Å²) in [5.74, 6) is 0.0224. The van der Waals surface area contributed by atoms with Gasteiger partial charge in [0.2, 0.25) is 5.91 Å². The topological polar surface area (TPSA) is 50.4 Å². The van der Waals surface area contributed by atoms with Gasteiger partial charge in [-0.2, -0.15) is 0 Å². The minimum Gasteiger partial charge on any atom is -0.376 e. The number of rotatable bonds is 5. The van der Waals surface area contributed by atoms with Gasteiger partial charge in [0.25, 0.3) is 0 Å². The van der Waals surface area contributed by atoms with E-state index in [-0.39, 0.29) is 18.1 Å². The van der Waals surface area contributed by atoms with Crippen LogP contribution in [0.2, 0.25) is 0 Å². The van der Waals surface area contributed by atoms with Crippen LogP contribution >= 0.6 is 0 Å². The van der Waals surface area contributed by atoms with Crippen LogP contribution in [-0.2, 0) is 9.53 Å². The molecule has 0 aromatic rings. The highest BCUT2D eigenvalue weighted by atomic mass is 16.5. The molecule has 4 heteroatoms. The summed E-state index contributed by atoms with van der Waals surface area (Å²) in [6, 6.07) is 0.174. The van der Waals surface area contributed by atoms with Gasteiger partial charge in [0.1, 0.15) is 0 Å². The maximum atomic E-state index is 11.4. The Kier molecular flexibility index (Phi) is 4.62. The van der Waals surface area contributed by atoms with Gasteiger partial charge in [-0.15, -0.1) is 6.58 Å². The lowest BCUT2D eigenvalue weighted by Gasteiger charge is -2.15. The smallest absolute Gasteiger partial charge is 0.234 e. The van der Waals surface area contributed by atoms with E-state index >= 15 is 0 Å². The normalized spacial score (nSPS) is 26.1. The van der Waals surface area contributed by atoms with Gasteiger partial charge in [-0.1, -0.05) is 6.08 Å². The predicted octanol–water partition coefficient (Wildman–Crippen LogP) is 0.0556. The molecule has 2 N–H and O–H groups in total. The molecule has 0 spiro atoms. The van der Waals surface area contributed by atoms with E-state index in [1.807, 2.05) is 6.92 Å². The van der Waals surface area contributed by atoms with Crippen molar-refractivity contribution in [3.05, 3.63) is 12.7 Å². The average Bonchev–Trinajstić information content (AvgIpc) is 2.52. The number of amides is 1. The van der Waals surface area contributed by atoms with Crippen molar-refractivity contribution in [1.82, 2.24) is 10.6 Å². The second-order valence-corrected chi connectivity index (χ2v) is 3.46. The van der Waals surface area contributed by atoms with Gasteiger partial charge in [-0.05, 0) is 13.3 Å². The van der Waals surface area contributed by atoms with Crippen LogP contribution in [-0.4, -0.2) is 37.7 Å². The zero-order valence-electron chi connectivity index (χ0n) is 8.58. The number of hydrogen-bond donors (Lipinski definition) is 2. The third-order valence-corrected chi connectivity index (χ3v) is 2.30. The summed E-state index contributed by atoms with van der Waals surface area (Å²) < 4.78 is 5.34. The van der Waals surface area contributed by atoms with Crippen LogP contribution in [0.4, 0.5) is 0 Å². The van der Waals surface area contributed by atoms with Crippen molar-refractivity contribution < 1.29 is 9.53 Å². The Morgan fingerprint density at radius 3 is 3.07 bits per heavy atom. The summed E-state index contributed by atoms with van der Waals surface area (Å²) >= 11 is 0. The molecule has 0 aromatic carbocycles. The highest BCUT2D eigenvalue weighted by Gasteiger charge is 2.25. The first-order valence-corrected chi connectivity index (χ1v) is 4.96. The Bertz CT molecular complexity index is 206. The molecule has 2 unspecified atom stereocenters. The number of ether oxygens (including phenoxy) is 1. The van der Waals surface area contributed by atoms with Crippen LogP contribution < -0.4 is 10.6 Å². The quantitative estimate of drug-likeness (QED) is 0.485. The summed E-state index contributed by atoms with van der Waals surface area (Å²) in [4.78, 5) is 11.4. The van der Waals surface area contributed by atoms with Crippen LogP contribution in [0.15, 0.2) is 12.7 Å². The molecule has 1 aliphatic rings. The zero-order valence-corrected chi connectivity index (χ0v) is 8.58. The summed E-state index contributed by atoms with van der Waals surface area (Å²) in [7, 11) is 0. The van der Waals surface area contributed by atoms with Crippen molar-refractivity contribution in [3.8, 4) is 0 Å². The van der Waals surface area contributed by atoms with Gasteiger partial charge in [-0.3, -0.25) is 4.79 Å². The Labute approximate surface area is 84.7 Å². The summed E-state index contributed by atoms with van der Waals surface area (Å²) in [5.41, 5.74) is 0. The first-order valence-electron chi connectivity index (χ1n) is 4.96. The Morgan fingerprint density at radius 2 is 2.50 bits per heavy atom. The van der Waals surface area contributed by atoms with Gasteiger partial charge in [-0.25, -0.2) is 0 Å². The minimum atomic E-state index is 0.0224. The summed E-state index contributed by atoms with van der Waals surface area (Å²) in [6.07, 6.45) is 2.78. The van der Waals surface area contributed by atoms with E-state index in [0.29, 0.717) is 13.1 Å². The standard InChI is InChI=1S/C10H18N2O2/c1-3-5-11-7-10(13)12-9-4-6-14-8(9)2/h3,8-9,11H,1,4-7H2,2H3,(H,12,13). The second-order valence-electron chi connectivity index (χ2n) is 3.46. The van der Waals surface area contributed by atoms with Crippen molar-refractivity contribution in [2.45, 2.75) is 25.5 Å². The SMILES string of the molecule is C=CCNCC(=O)NC1CCOC1C. The van der Waals surface area contributed by atoms with Crippen LogP contribution in [0.3, 0.4) is 0 Å². The fourth-order valence-corrected chi connectivity index (χ4v) is 1.47. The van der Waals surface area contributed by atoms with Crippen molar-refractivity contribution in [2.24, 2.45) is 0 Å². The lowest BCUT2D eigenvalue weighted by Crippen LogP contribution is -2.43. The molecule has 0 saturated carbocycles. The molecule has 1 rings (SSSR count). The van der Waals surface area contributed by atoms with Crippen LogP contribution in [0, 0.1) is 0 Å².